The van der Waals surface area contributed by atoms with E-state index in [1.165, 1.54) is 12.8 Å². The largest absolute Gasteiger partial charge is 0.303 e. The van der Waals surface area contributed by atoms with Crippen LogP contribution in [-0.4, -0.2) is 6.29 Å². The van der Waals surface area contributed by atoms with E-state index in [4.69, 9.17) is 0 Å². The summed E-state index contributed by atoms with van der Waals surface area (Å²) in [6, 6.07) is 0. The molecule has 0 unspecified atom stereocenters. The summed E-state index contributed by atoms with van der Waals surface area (Å²) in [6.45, 7) is 2.26. The minimum absolute atomic E-state index is 0. The number of hydrogen-bond donors (Lipinski definition) is 0. The topological polar surface area (TPSA) is 17.1 Å². The molecule has 0 saturated heterocycles. The number of rotatable bonds is 1. The Labute approximate surface area is 92.5 Å². The quantitative estimate of drug-likeness (QED) is 0.627. The molecule has 1 rings (SSSR count). The first-order valence-corrected chi connectivity index (χ1v) is 3.78. The minimum atomic E-state index is 0. The average Bonchev–Trinajstić information content (AvgIpc) is 1.90. The van der Waals surface area contributed by atoms with Gasteiger partial charge in [0.05, 0.1) is 0 Å². The molecule has 1 saturated carbocycles. The molecule has 0 spiro atoms. The molecule has 0 aromatic heterocycles. The van der Waals surface area contributed by atoms with Gasteiger partial charge in [0.2, 0.25) is 0 Å². The SMILES string of the molecule is CC1CCC(C=O)CC1.[V].[V]. The van der Waals surface area contributed by atoms with Crippen molar-refractivity contribution in [2.75, 3.05) is 0 Å². The molecular weight excluding hydrogens is 214 g/mol. The van der Waals surface area contributed by atoms with Crippen molar-refractivity contribution < 1.29 is 41.9 Å². The van der Waals surface area contributed by atoms with E-state index in [0.29, 0.717) is 5.92 Å². The number of aldehydes is 1. The smallest absolute Gasteiger partial charge is 0.123 e. The van der Waals surface area contributed by atoms with Crippen LogP contribution in [0.4, 0.5) is 0 Å². The van der Waals surface area contributed by atoms with Crippen LogP contribution in [0.3, 0.4) is 0 Å². The molecule has 0 N–H and O–H groups in total. The molecule has 0 amide bonds. The van der Waals surface area contributed by atoms with Crippen LogP contribution in [-0.2, 0) is 41.9 Å². The molecule has 62 valence electrons. The second kappa shape index (κ2) is 7.49. The van der Waals surface area contributed by atoms with Crippen molar-refractivity contribution in [1.29, 1.82) is 0 Å². The van der Waals surface area contributed by atoms with Crippen molar-refractivity contribution in [2.45, 2.75) is 32.6 Å². The molecule has 0 aromatic carbocycles. The van der Waals surface area contributed by atoms with E-state index in [1.54, 1.807) is 0 Å². The van der Waals surface area contributed by atoms with E-state index in [9.17, 15) is 4.79 Å². The van der Waals surface area contributed by atoms with Gasteiger partial charge < -0.3 is 4.79 Å². The summed E-state index contributed by atoms with van der Waals surface area (Å²) >= 11 is 0. The molecule has 1 fully saturated rings. The Morgan fingerprint density at radius 3 is 1.91 bits per heavy atom. The van der Waals surface area contributed by atoms with Crippen LogP contribution in [0.1, 0.15) is 32.6 Å². The summed E-state index contributed by atoms with van der Waals surface area (Å²) in [7, 11) is 0. The molecule has 11 heavy (non-hydrogen) atoms. The third kappa shape index (κ3) is 5.14. The summed E-state index contributed by atoms with van der Waals surface area (Å²) < 4.78 is 0. The predicted octanol–water partition coefficient (Wildman–Crippen LogP) is 2.01. The zero-order valence-electron chi connectivity index (χ0n) is 6.86. The molecule has 0 aromatic rings. The summed E-state index contributed by atoms with van der Waals surface area (Å²) in [6.07, 6.45) is 5.88. The van der Waals surface area contributed by atoms with E-state index in [0.717, 1.165) is 25.0 Å². The van der Waals surface area contributed by atoms with Crippen LogP contribution in [0.5, 0.6) is 0 Å². The van der Waals surface area contributed by atoms with Crippen molar-refractivity contribution >= 4 is 6.29 Å². The van der Waals surface area contributed by atoms with Gasteiger partial charge in [-0.25, -0.2) is 0 Å². The Balaban J connectivity index is 0. The average molecular weight is 228 g/mol. The van der Waals surface area contributed by atoms with E-state index in [1.807, 2.05) is 0 Å². The fourth-order valence-corrected chi connectivity index (χ4v) is 1.42. The van der Waals surface area contributed by atoms with Gasteiger partial charge in [-0.15, -0.1) is 0 Å². The van der Waals surface area contributed by atoms with Gasteiger partial charge in [0, 0.05) is 43.0 Å². The van der Waals surface area contributed by atoms with Crippen LogP contribution in [0.15, 0.2) is 0 Å². The second-order valence-electron chi connectivity index (χ2n) is 3.16. The molecule has 0 aliphatic heterocycles. The molecule has 1 aliphatic rings. The third-order valence-electron chi connectivity index (χ3n) is 2.25. The van der Waals surface area contributed by atoms with Crippen molar-refractivity contribution in [3.63, 3.8) is 0 Å². The first-order valence-electron chi connectivity index (χ1n) is 3.78. The summed E-state index contributed by atoms with van der Waals surface area (Å²) in [5.74, 6) is 1.25. The molecule has 1 aliphatic carbocycles. The predicted molar refractivity (Wildman–Crippen MR) is 37.2 cm³/mol. The maximum atomic E-state index is 10.3. The maximum absolute atomic E-state index is 10.3. The molecule has 3 heteroatoms. The van der Waals surface area contributed by atoms with Crippen molar-refractivity contribution in [2.24, 2.45) is 11.8 Å². The monoisotopic (exact) mass is 228 g/mol. The van der Waals surface area contributed by atoms with Gasteiger partial charge in [0.25, 0.3) is 0 Å². The molecule has 0 atom stereocenters. The Kier molecular flexibility index (Phi) is 9.78. The zero-order valence-corrected chi connectivity index (χ0v) is 9.66. The van der Waals surface area contributed by atoms with Crippen LogP contribution in [0.2, 0.25) is 0 Å². The molecule has 2 radical (unpaired) electrons. The fraction of sp³-hybridized carbons (Fsp3) is 0.875. The van der Waals surface area contributed by atoms with Crippen LogP contribution in [0, 0.1) is 11.8 Å². The van der Waals surface area contributed by atoms with Crippen LogP contribution in [0.25, 0.3) is 0 Å². The Hall–Kier alpha value is 0.839. The van der Waals surface area contributed by atoms with Crippen molar-refractivity contribution in [1.82, 2.24) is 0 Å². The number of carbonyl (C=O) groups is 1. The molecule has 0 heterocycles. The fourth-order valence-electron chi connectivity index (χ4n) is 1.42. The van der Waals surface area contributed by atoms with Gasteiger partial charge in [-0.2, -0.15) is 0 Å². The molecule has 0 bridgehead atoms. The van der Waals surface area contributed by atoms with Gasteiger partial charge in [-0.05, 0) is 18.8 Å². The number of hydrogen-bond acceptors (Lipinski definition) is 1. The van der Waals surface area contributed by atoms with E-state index in [2.05, 4.69) is 6.92 Å². The van der Waals surface area contributed by atoms with Crippen LogP contribution < -0.4 is 0 Å². The zero-order chi connectivity index (χ0) is 6.69. The standard InChI is InChI=1S/C8H14O.2V/c1-7-2-4-8(6-9)5-3-7;;/h6-8H,2-5H2,1H3;;. The van der Waals surface area contributed by atoms with Crippen LogP contribution >= 0.6 is 0 Å². The van der Waals surface area contributed by atoms with Gasteiger partial charge in [-0.3, -0.25) is 0 Å². The van der Waals surface area contributed by atoms with E-state index >= 15 is 0 Å². The van der Waals surface area contributed by atoms with Gasteiger partial charge in [-0.1, -0.05) is 19.8 Å². The molecular formula is C8H14OV2. The van der Waals surface area contributed by atoms with Gasteiger partial charge >= 0.3 is 0 Å². The Morgan fingerprint density at radius 2 is 1.55 bits per heavy atom. The van der Waals surface area contributed by atoms with E-state index in [-0.39, 0.29) is 37.1 Å². The summed E-state index contributed by atoms with van der Waals surface area (Å²) in [5.41, 5.74) is 0. The summed E-state index contributed by atoms with van der Waals surface area (Å²) in [5, 5.41) is 0. The van der Waals surface area contributed by atoms with Crippen molar-refractivity contribution in [3.05, 3.63) is 0 Å². The van der Waals surface area contributed by atoms with E-state index < -0.39 is 0 Å². The Bertz CT molecular complexity index is 98.3. The van der Waals surface area contributed by atoms with Gasteiger partial charge in [0.15, 0.2) is 0 Å². The van der Waals surface area contributed by atoms with Gasteiger partial charge in [0.1, 0.15) is 6.29 Å². The maximum Gasteiger partial charge on any atom is 0.123 e. The Morgan fingerprint density at radius 1 is 1.09 bits per heavy atom. The first kappa shape index (κ1) is 14.4. The van der Waals surface area contributed by atoms with Crippen molar-refractivity contribution in [3.8, 4) is 0 Å². The number of carbonyl (C=O) groups excluding carboxylic acids is 1. The normalized spacial score (nSPS) is 29.5. The second-order valence-corrected chi connectivity index (χ2v) is 3.16. The third-order valence-corrected chi connectivity index (χ3v) is 2.25. The molecule has 1 nitrogen and oxygen atoms in total. The summed E-state index contributed by atoms with van der Waals surface area (Å²) in [4.78, 5) is 10.3. The first-order chi connectivity index (χ1) is 4.33. The minimum Gasteiger partial charge on any atom is -0.303 e.